The summed E-state index contributed by atoms with van der Waals surface area (Å²) in [5.74, 6) is 1.76. The molecule has 6 heteroatoms. The molecular formula is C24H32BrN5. The van der Waals surface area contributed by atoms with E-state index in [2.05, 4.69) is 88.9 Å². The second-order valence-corrected chi connectivity index (χ2v) is 9.89. The number of benzene rings is 1. The molecule has 1 fully saturated rings. The molecule has 1 aromatic carbocycles. The quantitative estimate of drug-likeness (QED) is 0.626. The van der Waals surface area contributed by atoms with Crippen molar-refractivity contribution in [3.05, 3.63) is 44.6 Å². The number of aryl methyl sites for hydroxylation is 2. The van der Waals surface area contributed by atoms with Crippen LogP contribution in [0.5, 0.6) is 0 Å². The van der Waals surface area contributed by atoms with Gasteiger partial charge in [0.25, 0.3) is 0 Å². The van der Waals surface area contributed by atoms with Crippen molar-refractivity contribution in [1.82, 2.24) is 14.8 Å². The molecule has 2 unspecified atom stereocenters. The fourth-order valence-corrected chi connectivity index (χ4v) is 5.93. The second kappa shape index (κ2) is 8.37. The molecule has 0 aliphatic carbocycles. The van der Waals surface area contributed by atoms with Crippen LogP contribution in [0.1, 0.15) is 60.3 Å². The molecule has 3 heterocycles. The maximum atomic E-state index is 9.05. The average molecular weight is 470 g/mol. The van der Waals surface area contributed by atoms with Gasteiger partial charge in [-0.25, -0.2) is 0 Å². The predicted octanol–water partition coefficient (Wildman–Crippen LogP) is 5.46. The van der Waals surface area contributed by atoms with Gasteiger partial charge in [0, 0.05) is 35.2 Å². The largest absolute Gasteiger partial charge is 0.356 e. The summed E-state index contributed by atoms with van der Waals surface area (Å²) in [5, 5.41) is 16.6. The molecule has 0 radical (unpaired) electrons. The maximum Gasteiger partial charge on any atom is 0.118 e. The van der Waals surface area contributed by atoms with Crippen LogP contribution in [0.2, 0.25) is 0 Å². The van der Waals surface area contributed by atoms with Gasteiger partial charge in [-0.15, -0.1) is 0 Å². The third-order valence-electron chi connectivity index (χ3n) is 6.87. The second-order valence-electron chi connectivity index (χ2n) is 8.97. The first-order valence-electron chi connectivity index (χ1n) is 10.9. The Labute approximate surface area is 188 Å². The topological polar surface area (TPSA) is 56.0 Å². The Hall–Kier alpha value is -1.81. The number of hydrogen-bond acceptors (Lipinski definition) is 4. The van der Waals surface area contributed by atoms with Crippen LogP contribution in [0.15, 0.2) is 16.6 Å². The lowest BCUT2D eigenvalue weighted by atomic mass is 9.93. The zero-order valence-corrected chi connectivity index (χ0v) is 20.2. The van der Waals surface area contributed by atoms with Crippen LogP contribution in [0.25, 0.3) is 5.69 Å². The third-order valence-corrected chi connectivity index (χ3v) is 7.33. The molecule has 2 atom stereocenters. The van der Waals surface area contributed by atoms with Gasteiger partial charge in [-0.3, -0.25) is 14.8 Å². The van der Waals surface area contributed by atoms with Gasteiger partial charge in [-0.1, -0.05) is 15.9 Å². The number of nitrogens with zero attached hydrogens (tertiary/aromatic N) is 3. The first-order valence-corrected chi connectivity index (χ1v) is 11.7. The minimum absolute atomic E-state index is 0.183. The van der Waals surface area contributed by atoms with Gasteiger partial charge in [0.15, 0.2) is 0 Å². The highest BCUT2D eigenvalue weighted by atomic mass is 79.9. The van der Waals surface area contributed by atoms with Gasteiger partial charge in [-0.05, 0) is 82.2 Å². The zero-order valence-electron chi connectivity index (χ0n) is 18.6. The Kier molecular flexibility index (Phi) is 5.98. The lowest BCUT2D eigenvalue weighted by molar-refractivity contribution is 0.103. The van der Waals surface area contributed by atoms with Crippen LogP contribution >= 0.6 is 15.9 Å². The van der Waals surface area contributed by atoms with E-state index in [0.29, 0.717) is 12.3 Å². The number of nitrogens with one attached hydrogen (secondary N) is 2. The Balaban J connectivity index is 1.77. The van der Waals surface area contributed by atoms with Gasteiger partial charge in [0.05, 0.1) is 24.1 Å². The standard InChI is InChI=1S/C24H32BrN5/c1-14-12-20(25)13-15(2)22(14)30-17(4)16(3)21-23(27-18(5)28-24(21)30)29-10-7-19(6-9-26)8-11-29/h12-13,18-19,23,27-28H,6-8,10-11H2,1-5H3. The van der Waals surface area contributed by atoms with Crippen LogP contribution in [-0.2, 0) is 0 Å². The summed E-state index contributed by atoms with van der Waals surface area (Å²) in [6, 6.07) is 6.76. The Bertz CT molecular complexity index is 971. The summed E-state index contributed by atoms with van der Waals surface area (Å²) in [4.78, 5) is 2.57. The third kappa shape index (κ3) is 3.68. The maximum absolute atomic E-state index is 9.05. The van der Waals surface area contributed by atoms with Gasteiger partial charge >= 0.3 is 0 Å². The first kappa shape index (κ1) is 21.4. The highest BCUT2D eigenvalue weighted by Gasteiger charge is 2.36. The molecule has 2 N–H and O–H groups in total. The number of likely N-dealkylation sites (tertiary alicyclic amines) is 1. The lowest BCUT2D eigenvalue weighted by Gasteiger charge is -2.42. The van der Waals surface area contributed by atoms with Gasteiger partial charge < -0.3 is 5.32 Å². The van der Waals surface area contributed by atoms with Crippen LogP contribution in [0, 0.1) is 44.9 Å². The molecule has 2 aliphatic rings. The van der Waals surface area contributed by atoms with E-state index in [-0.39, 0.29) is 12.3 Å². The average Bonchev–Trinajstić information content (AvgIpc) is 2.92. The van der Waals surface area contributed by atoms with E-state index in [9.17, 15) is 0 Å². The van der Waals surface area contributed by atoms with E-state index in [1.807, 2.05) is 0 Å². The van der Waals surface area contributed by atoms with E-state index < -0.39 is 0 Å². The molecular weight excluding hydrogens is 438 g/mol. The molecule has 4 rings (SSSR count). The number of anilines is 1. The van der Waals surface area contributed by atoms with E-state index in [1.54, 1.807) is 0 Å². The Morgan fingerprint density at radius 3 is 2.37 bits per heavy atom. The number of hydrogen-bond donors (Lipinski definition) is 2. The molecule has 30 heavy (non-hydrogen) atoms. The first-order chi connectivity index (χ1) is 14.3. The fourth-order valence-electron chi connectivity index (χ4n) is 5.24. The monoisotopic (exact) mass is 469 g/mol. The zero-order chi connectivity index (χ0) is 21.6. The molecule has 0 spiro atoms. The van der Waals surface area contributed by atoms with Crippen molar-refractivity contribution < 1.29 is 0 Å². The minimum Gasteiger partial charge on any atom is -0.356 e. The normalized spacial score (nSPS) is 22.4. The SMILES string of the molecule is Cc1cc(Br)cc(C)c1-n1c(C)c(C)c2c1NC(C)NC2N1CCC(CC#N)CC1. The molecule has 0 bridgehead atoms. The van der Waals surface area contributed by atoms with Crippen LogP contribution in [0.3, 0.4) is 0 Å². The van der Waals surface area contributed by atoms with Crippen LogP contribution < -0.4 is 10.6 Å². The van der Waals surface area contributed by atoms with Crippen molar-refractivity contribution in [3.8, 4) is 11.8 Å². The molecule has 1 aromatic heterocycles. The molecule has 1 saturated heterocycles. The van der Waals surface area contributed by atoms with Gasteiger partial charge in [0.1, 0.15) is 5.82 Å². The Morgan fingerprint density at radius 2 is 1.77 bits per heavy atom. The minimum atomic E-state index is 0.183. The highest BCUT2D eigenvalue weighted by Crippen LogP contribution is 2.41. The summed E-state index contributed by atoms with van der Waals surface area (Å²) >= 11 is 3.64. The Morgan fingerprint density at radius 1 is 1.13 bits per heavy atom. The molecule has 0 amide bonds. The van der Waals surface area contributed by atoms with Crippen molar-refractivity contribution in [2.24, 2.45) is 5.92 Å². The molecule has 0 saturated carbocycles. The summed E-state index contributed by atoms with van der Waals surface area (Å²) in [5.41, 5.74) is 7.82. The van der Waals surface area contributed by atoms with Crippen molar-refractivity contribution in [2.75, 3.05) is 18.4 Å². The highest BCUT2D eigenvalue weighted by molar-refractivity contribution is 9.10. The van der Waals surface area contributed by atoms with Crippen molar-refractivity contribution in [1.29, 1.82) is 5.26 Å². The van der Waals surface area contributed by atoms with Gasteiger partial charge in [0.2, 0.25) is 0 Å². The van der Waals surface area contributed by atoms with Crippen LogP contribution in [0.4, 0.5) is 5.82 Å². The molecule has 2 aliphatic heterocycles. The number of aromatic nitrogens is 1. The summed E-state index contributed by atoms with van der Waals surface area (Å²) < 4.78 is 3.55. The number of rotatable bonds is 3. The smallest absolute Gasteiger partial charge is 0.118 e. The summed E-state index contributed by atoms with van der Waals surface area (Å²) in [7, 11) is 0. The number of nitriles is 1. The van der Waals surface area contributed by atoms with Crippen molar-refractivity contribution in [2.45, 2.75) is 66.2 Å². The lowest BCUT2D eigenvalue weighted by Crippen LogP contribution is -2.51. The van der Waals surface area contributed by atoms with Crippen LogP contribution in [-0.4, -0.2) is 28.7 Å². The fraction of sp³-hybridized carbons (Fsp3) is 0.542. The number of halogens is 1. The molecule has 2 aromatic rings. The van der Waals surface area contributed by atoms with E-state index in [4.69, 9.17) is 5.26 Å². The van der Waals surface area contributed by atoms with Gasteiger partial charge in [-0.2, -0.15) is 5.26 Å². The predicted molar refractivity (Wildman–Crippen MR) is 126 cm³/mol. The summed E-state index contributed by atoms with van der Waals surface area (Å²) in [6.07, 6.45) is 3.28. The van der Waals surface area contributed by atoms with E-state index in [0.717, 1.165) is 30.4 Å². The summed E-state index contributed by atoms with van der Waals surface area (Å²) in [6.45, 7) is 13.1. The molecule has 160 valence electrons. The number of piperidine rings is 1. The van der Waals surface area contributed by atoms with Crippen molar-refractivity contribution >= 4 is 21.7 Å². The van der Waals surface area contributed by atoms with E-state index in [1.165, 1.54) is 39.5 Å². The van der Waals surface area contributed by atoms with Crippen molar-refractivity contribution in [3.63, 3.8) is 0 Å². The van der Waals surface area contributed by atoms with E-state index >= 15 is 0 Å². The number of fused-ring (bicyclic) bond motifs is 1. The molecule has 5 nitrogen and oxygen atoms in total.